The van der Waals surface area contributed by atoms with Gasteiger partial charge in [0.2, 0.25) is 10.0 Å². The van der Waals surface area contributed by atoms with Crippen LogP contribution in [0.4, 0.5) is 0 Å². The first-order chi connectivity index (χ1) is 8.44. The number of carbonyl (C=O) groups is 1. The average molecular weight is 269 g/mol. The van der Waals surface area contributed by atoms with E-state index in [1.807, 2.05) is 0 Å². The van der Waals surface area contributed by atoms with Crippen LogP contribution in [0.5, 0.6) is 0 Å². The molecule has 1 aromatic rings. The summed E-state index contributed by atoms with van der Waals surface area (Å²) in [5.74, 6) is -1.11. The molecule has 0 amide bonds. The van der Waals surface area contributed by atoms with Crippen molar-refractivity contribution in [2.45, 2.75) is 13.0 Å². The minimum absolute atomic E-state index is 0.0830. The summed E-state index contributed by atoms with van der Waals surface area (Å²) in [6, 6.07) is 6.84. The van der Waals surface area contributed by atoms with Gasteiger partial charge in [0.05, 0.1) is 12.2 Å². The summed E-state index contributed by atoms with van der Waals surface area (Å²) in [6.45, 7) is 3.44. The number of nitrogens with one attached hydrogen (secondary N) is 1. The number of hydrogen-bond acceptors (Lipinski definition) is 3. The third-order valence-electron chi connectivity index (χ3n) is 2.28. The van der Waals surface area contributed by atoms with Gasteiger partial charge in [-0.2, -0.15) is 0 Å². The first-order valence-corrected chi connectivity index (χ1v) is 6.96. The van der Waals surface area contributed by atoms with Crippen LogP contribution in [-0.2, 0) is 27.8 Å². The number of aliphatic carboxylic acids is 1. The second-order valence-corrected chi connectivity index (χ2v) is 5.58. The topological polar surface area (TPSA) is 83.5 Å². The SMILES string of the molecule is C=CCS(=O)(=O)NCc1ccccc1CC(=O)O. The first kappa shape index (κ1) is 14.4. The van der Waals surface area contributed by atoms with Crippen molar-refractivity contribution in [3.05, 3.63) is 48.0 Å². The molecule has 98 valence electrons. The van der Waals surface area contributed by atoms with Gasteiger partial charge in [-0.25, -0.2) is 13.1 Å². The molecular formula is C12H15NO4S. The second-order valence-electron chi connectivity index (χ2n) is 3.73. The largest absolute Gasteiger partial charge is 0.481 e. The Morgan fingerprint density at radius 1 is 1.33 bits per heavy atom. The van der Waals surface area contributed by atoms with Gasteiger partial charge in [0.1, 0.15) is 0 Å². The Morgan fingerprint density at radius 2 is 1.94 bits per heavy atom. The summed E-state index contributed by atoms with van der Waals surface area (Å²) in [7, 11) is -3.39. The van der Waals surface area contributed by atoms with E-state index >= 15 is 0 Å². The maximum atomic E-state index is 11.4. The van der Waals surface area contributed by atoms with Crippen LogP contribution in [-0.4, -0.2) is 25.2 Å². The van der Waals surface area contributed by atoms with E-state index < -0.39 is 16.0 Å². The zero-order valence-corrected chi connectivity index (χ0v) is 10.6. The normalized spacial score (nSPS) is 11.1. The number of hydrogen-bond donors (Lipinski definition) is 2. The Labute approximate surface area is 106 Å². The standard InChI is InChI=1S/C12H15NO4S/c1-2-7-18(16,17)13-9-11-6-4-3-5-10(11)8-12(14)15/h2-6,13H,1,7-9H2,(H,14,15). The number of carboxylic acids is 1. The Kier molecular flexibility index (Phi) is 5.06. The molecule has 0 heterocycles. The monoisotopic (exact) mass is 269 g/mol. The lowest BCUT2D eigenvalue weighted by Crippen LogP contribution is -2.25. The molecule has 0 fully saturated rings. The summed E-state index contributed by atoms with van der Waals surface area (Å²) in [5, 5.41) is 8.75. The Bertz CT molecular complexity index is 537. The van der Waals surface area contributed by atoms with Gasteiger partial charge < -0.3 is 5.11 Å². The molecule has 18 heavy (non-hydrogen) atoms. The van der Waals surface area contributed by atoms with Crippen LogP contribution in [0.25, 0.3) is 0 Å². The zero-order valence-electron chi connectivity index (χ0n) is 9.80. The van der Waals surface area contributed by atoms with Crippen molar-refractivity contribution in [2.24, 2.45) is 0 Å². The van der Waals surface area contributed by atoms with E-state index in [0.29, 0.717) is 11.1 Å². The molecule has 0 saturated carbocycles. The summed E-state index contributed by atoms with van der Waals surface area (Å²) < 4.78 is 25.3. The number of sulfonamides is 1. The van der Waals surface area contributed by atoms with Gasteiger partial charge in [-0.3, -0.25) is 4.79 Å². The molecule has 5 nitrogen and oxygen atoms in total. The molecule has 1 rings (SSSR count). The first-order valence-electron chi connectivity index (χ1n) is 5.31. The third kappa shape index (κ3) is 4.68. The van der Waals surface area contributed by atoms with E-state index in [1.165, 1.54) is 6.08 Å². The lowest BCUT2D eigenvalue weighted by Gasteiger charge is -2.09. The van der Waals surface area contributed by atoms with Crippen LogP contribution in [0.3, 0.4) is 0 Å². The van der Waals surface area contributed by atoms with E-state index in [4.69, 9.17) is 5.11 Å². The van der Waals surface area contributed by atoms with Crippen molar-refractivity contribution in [1.29, 1.82) is 0 Å². The Balaban J connectivity index is 2.78. The van der Waals surface area contributed by atoms with Gasteiger partial charge in [-0.15, -0.1) is 6.58 Å². The van der Waals surface area contributed by atoms with Crippen LogP contribution in [0.1, 0.15) is 11.1 Å². The van der Waals surface area contributed by atoms with Crippen molar-refractivity contribution < 1.29 is 18.3 Å². The van der Waals surface area contributed by atoms with Gasteiger partial charge in [0, 0.05) is 6.54 Å². The molecule has 0 atom stereocenters. The molecule has 0 radical (unpaired) electrons. The minimum atomic E-state index is -3.39. The van der Waals surface area contributed by atoms with Crippen LogP contribution in [0, 0.1) is 0 Å². The van der Waals surface area contributed by atoms with E-state index in [2.05, 4.69) is 11.3 Å². The van der Waals surface area contributed by atoms with Crippen molar-refractivity contribution in [3.63, 3.8) is 0 Å². The maximum absolute atomic E-state index is 11.4. The molecule has 0 aliphatic rings. The lowest BCUT2D eigenvalue weighted by molar-refractivity contribution is -0.136. The molecule has 0 unspecified atom stereocenters. The van der Waals surface area contributed by atoms with Crippen LogP contribution < -0.4 is 4.72 Å². The number of carboxylic acid groups (broad SMARTS) is 1. The Hall–Kier alpha value is -1.66. The smallest absolute Gasteiger partial charge is 0.307 e. The highest BCUT2D eigenvalue weighted by Crippen LogP contribution is 2.10. The fourth-order valence-electron chi connectivity index (χ4n) is 1.47. The van der Waals surface area contributed by atoms with E-state index in [1.54, 1.807) is 24.3 Å². The van der Waals surface area contributed by atoms with Crippen molar-refractivity contribution in [2.75, 3.05) is 5.75 Å². The van der Waals surface area contributed by atoms with Crippen LogP contribution in [0.15, 0.2) is 36.9 Å². The van der Waals surface area contributed by atoms with Crippen molar-refractivity contribution >= 4 is 16.0 Å². The zero-order chi connectivity index (χ0) is 13.6. The Morgan fingerprint density at radius 3 is 2.50 bits per heavy atom. The number of benzene rings is 1. The fraction of sp³-hybridized carbons (Fsp3) is 0.250. The maximum Gasteiger partial charge on any atom is 0.307 e. The van der Waals surface area contributed by atoms with Gasteiger partial charge >= 0.3 is 5.97 Å². The quantitative estimate of drug-likeness (QED) is 0.721. The summed E-state index contributed by atoms with van der Waals surface area (Å²) in [6.07, 6.45) is 1.17. The second kappa shape index (κ2) is 6.32. The summed E-state index contributed by atoms with van der Waals surface area (Å²) in [4.78, 5) is 10.7. The van der Waals surface area contributed by atoms with Gasteiger partial charge in [0.25, 0.3) is 0 Å². The molecule has 0 spiro atoms. The minimum Gasteiger partial charge on any atom is -0.481 e. The van der Waals surface area contributed by atoms with Gasteiger partial charge in [0.15, 0.2) is 0 Å². The van der Waals surface area contributed by atoms with E-state index in [0.717, 1.165) is 0 Å². The van der Waals surface area contributed by atoms with E-state index in [-0.39, 0.29) is 18.7 Å². The van der Waals surface area contributed by atoms with Crippen molar-refractivity contribution in [3.8, 4) is 0 Å². The highest BCUT2D eigenvalue weighted by atomic mass is 32.2. The number of rotatable bonds is 7. The molecule has 0 aliphatic carbocycles. The molecule has 0 saturated heterocycles. The highest BCUT2D eigenvalue weighted by molar-refractivity contribution is 7.89. The van der Waals surface area contributed by atoms with Crippen LogP contribution >= 0.6 is 0 Å². The molecule has 0 aromatic heterocycles. The predicted octanol–water partition coefficient (Wildman–Crippen LogP) is 0.919. The molecule has 0 bridgehead atoms. The summed E-state index contributed by atoms with van der Waals surface area (Å²) >= 11 is 0. The van der Waals surface area contributed by atoms with Gasteiger partial charge in [-0.1, -0.05) is 30.3 Å². The average Bonchev–Trinajstić information content (AvgIpc) is 2.27. The van der Waals surface area contributed by atoms with Crippen LogP contribution in [0.2, 0.25) is 0 Å². The lowest BCUT2D eigenvalue weighted by atomic mass is 10.1. The molecule has 1 aromatic carbocycles. The molecular weight excluding hydrogens is 254 g/mol. The van der Waals surface area contributed by atoms with E-state index in [9.17, 15) is 13.2 Å². The molecule has 0 aliphatic heterocycles. The van der Waals surface area contributed by atoms with Crippen molar-refractivity contribution in [1.82, 2.24) is 4.72 Å². The highest BCUT2D eigenvalue weighted by Gasteiger charge is 2.10. The fourth-order valence-corrected chi connectivity index (χ4v) is 2.27. The third-order valence-corrected chi connectivity index (χ3v) is 3.54. The molecule has 2 N–H and O–H groups in total. The van der Waals surface area contributed by atoms with Gasteiger partial charge in [-0.05, 0) is 11.1 Å². The predicted molar refractivity (Wildman–Crippen MR) is 68.6 cm³/mol. The molecule has 6 heteroatoms. The summed E-state index contributed by atoms with van der Waals surface area (Å²) in [5.41, 5.74) is 1.26.